The number of benzene rings is 2. The Kier molecular flexibility index (Phi) is 2.80. The molecule has 0 aliphatic carbocycles. The van der Waals surface area contributed by atoms with E-state index in [-0.39, 0.29) is 5.82 Å². The van der Waals surface area contributed by atoms with Gasteiger partial charge in [-0.15, -0.1) is 0 Å². The molecule has 94 valence electrons. The highest BCUT2D eigenvalue weighted by molar-refractivity contribution is 5.67. The van der Waals surface area contributed by atoms with Crippen LogP contribution in [-0.4, -0.2) is 4.57 Å². The van der Waals surface area contributed by atoms with Crippen LogP contribution in [0.15, 0.2) is 66.7 Å². The number of hydrogen-bond acceptors (Lipinski definition) is 1. The minimum Gasteiger partial charge on any atom is -0.385 e. The summed E-state index contributed by atoms with van der Waals surface area (Å²) in [4.78, 5) is 0. The molecular formula is C16H13FN2. The molecule has 0 unspecified atom stereocenters. The molecule has 3 aromatic rings. The van der Waals surface area contributed by atoms with Crippen molar-refractivity contribution in [3.8, 4) is 16.9 Å². The predicted octanol–water partition coefficient (Wildman–Crippen LogP) is 3.87. The fraction of sp³-hybridized carbons (Fsp3) is 0. The molecule has 0 aliphatic heterocycles. The number of rotatable bonds is 2. The fourth-order valence-corrected chi connectivity index (χ4v) is 2.17. The number of hydrogen-bond donors (Lipinski definition) is 1. The maximum absolute atomic E-state index is 13.0. The number of nitrogen functional groups attached to an aromatic ring is 1. The van der Waals surface area contributed by atoms with E-state index in [9.17, 15) is 4.39 Å². The van der Waals surface area contributed by atoms with E-state index in [4.69, 9.17) is 5.73 Å². The zero-order valence-corrected chi connectivity index (χ0v) is 10.3. The molecule has 1 aromatic heterocycles. The van der Waals surface area contributed by atoms with Gasteiger partial charge in [0.15, 0.2) is 0 Å². The summed E-state index contributed by atoms with van der Waals surface area (Å²) in [5.41, 5.74) is 8.93. The highest BCUT2D eigenvalue weighted by Crippen LogP contribution is 2.27. The Hall–Kier alpha value is -2.55. The van der Waals surface area contributed by atoms with Gasteiger partial charge in [-0.2, -0.15) is 0 Å². The molecular weight excluding hydrogens is 239 g/mol. The van der Waals surface area contributed by atoms with Gasteiger partial charge in [-0.1, -0.05) is 30.3 Å². The summed E-state index contributed by atoms with van der Waals surface area (Å²) in [6.45, 7) is 0. The molecule has 0 saturated carbocycles. The monoisotopic (exact) mass is 252 g/mol. The van der Waals surface area contributed by atoms with Gasteiger partial charge in [0.25, 0.3) is 0 Å². The van der Waals surface area contributed by atoms with Crippen molar-refractivity contribution in [2.75, 3.05) is 5.73 Å². The van der Waals surface area contributed by atoms with Crippen molar-refractivity contribution in [3.05, 3.63) is 72.5 Å². The molecule has 2 nitrogen and oxygen atoms in total. The molecule has 3 heteroatoms. The molecule has 0 amide bonds. The van der Waals surface area contributed by atoms with E-state index >= 15 is 0 Å². The molecule has 1 heterocycles. The quantitative estimate of drug-likeness (QED) is 0.737. The van der Waals surface area contributed by atoms with Crippen LogP contribution in [0, 0.1) is 5.82 Å². The average Bonchev–Trinajstić information content (AvgIpc) is 2.83. The van der Waals surface area contributed by atoms with Crippen molar-refractivity contribution in [2.45, 2.75) is 0 Å². The second-order valence-corrected chi connectivity index (χ2v) is 4.32. The average molecular weight is 252 g/mol. The van der Waals surface area contributed by atoms with Gasteiger partial charge in [0, 0.05) is 5.69 Å². The van der Waals surface area contributed by atoms with Crippen LogP contribution in [0.25, 0.3) is 16.9 Å². The van der Waals surface area contributed by atoms with E-state index in [1.54, 1.807) is 12.1 Å². The SMILES string of the molecule is Nc1ccc(-c2ccccc2)n1-c1ccc(F)cc1. The highest BCUT2D eigenvalue weighted by Gasteiger charge is 2.09. The van der Waals surface area contributed by atoms with Crippen molar-refractivity contribution in [3.63, 3.8) is 0 Å². The third kappa shape index (κ3) is 2.10. The molecule has 2 N–H and O–H groups in total. The first-order valence-corrected chi connectivity index (χ1v) is 6.04. The van der Waals surface area contributed by atoms with Gasteiger partial charge in [-0.3, -0.25) is 4.57 Å². The number of anilines is 1. The highest BCUT2D eigenvalue weighted by atomic mass is 19.1. The van der Waals surface area contributed by atoms with Gasteiger partial charge in [0.1, 0.15) is 11.6 Å². The van der Waals surface area contributed by atoms with Crippen LogP contribution in [0.4, 0.5) is 10.2 Å². The van der Waals surface area contributed by atoms with Gasteiger partial charge < -0.3 is 5.73 Å². The largest absolute Gasteiger partial charge is 0.385 e. The Morgan fingerprint density at radius 1 is 0.789 bits per heavy atom. The normalized spacial score (nSPS) is 10.6. The third-order valence-corrected chi connectivity index (χ3v) is 3.07. The molecule has 0 saturated heterocycles. The maximum Gasteiger partial charge on any atom is 0.123 e. The van der Waals surface area contributed by atoms with E-state index in [0.717, 1.165) is 16.9 Å². The Bertz CT molecular complexity index is 685. The molecule has 0 aliphatic rings. The Morgan fingerprint density at radius 3 is 2.16 bits per heavy atom. The van der Waals surface area contributed by atoms with Gasteiger partial charge in [-0.05, 0) is 42.0 Å². The van der Waals surface area contributed by atoms with E-state index < -0.39 is 0 Å². The Balaban J connectivity index is 2.17. The molecule has 2 aromatic carbocycles. The molecule has 0 radical (unpaired) electrons. The van der Waals surface area contributed by atoms with Crippen molar-refractivity contribution < 1.29 is 4.39 Å². The van der Waals surface area contributed by atoms with E-state index in [1.807, 2.05) is 47.0 Å². The number of aromatic nitrogens is 1. The predicted molar refractivity (Wildman–Crippen MR) is 75.6 cm³/mol. The first kappa shape index (κ1) is 11.5. The summed E-state index contributed by atoms with van der Waals surface area (Å²) in [5.74, 6) is 0.376. The minimum atomic E-state index is -0.254. The van der Waals surface area contributed by atoms with Crippen LogP contribution in [0.5, 0.6) is 0 Å². The van der Waals surface area contributed by atoms with Crippen molar-refractivity contribution >= 4 is 5.82 Å². The molecule has 3 rings (SSSR count). The first-order chi connectivity index (χ1) is 9.25. The summed E-state index contributed by atoms with van der Waals surface area (Å²) >= 11 is 0. The molecule has 0 spiro atoms. The van der Waals surface area contributed by atoms with Crippen molar-refractivity contribution in [2.24, 2.45) is 0 Å². The van der Waals surface area contributed by atoms with Crippen molar-refractivity contribution in [1.29, 1.82) is 0 Å². The van der Waals surface area contributed by atoms with E-state index in [1.165, 1.54) is 12.1 Å². The van der Waals surface area contributed by atoms with Crippen LogP contribution in [0.3, 0.4) is 0 Å². The van der Waals surface area contributed by atoms with Crippen molar-refractivity contribution in [1.82, 2.24) is 4.57 Å². The smallest absolute Gasteiger partial charge is 0.123 e. The van der Waals surface area contributed by atoms with Gasteiger partial charge in [-0.25, -0.2) is 4.39 Å². The van der Waals surface area contributed by atoms with Crippen LogP contribution >= 0.6 is 0 Å². The topological polar surface area (TPSA) is 30.9 Å². The molecule has 0 fully saturated rings. The number of nitrogens with two attached hydrogens (primary N) is 1. The Labute approximate surface area is 110 Å². The number of halogens is 1. The molecule has 0 atom stereocenters. The van der Waals surface area contributed by atoms with Crippen LogP contribution in [0.2, 0.25) is 0 Å². The number of nitrogens with zero attached hydrogens (tertiary/aromatic N) is 1. The second-order valence-electron chi connectivity index (χ2n) is 4.32. The summed E-state index contributed by atoms with van der Waals surface area (Å²) < 4.78 is 14.9. The van der Waals surface area contributed by atoms with Crippen LogP contribution in [-0.2, 0) is 0 Å². The third-order valence-electron chi connectivity index (χ3n) is 3.07. The van der Waals surface area contributed by atoms with Crippen LogP contribution < -0.4 is 5.73 Å². The fourth-order valence-electron chi connectivity index (χ4n) is 2.17. The lowest BCUT2D eigenvalue weighted by Crippen LogP contribution is -2.01. The van der Waals surface area contributed by atoms with E-state index in [2.05, 4.69) is 0 Å². The lowest BCUT2D eigenvalue weighted by molar-refractivity contribution is 0.627. The minimum absolute atomic E-state index is 0.254. The lowest BCUT2D eigenvalue weighted by atomic mass is 10.1. The van der Waals surface area contributed by atoms with Crippen LogP contribution in [0.1, 0.15) is 0 Å². The van der Waals surface area contributed by atoms with E-state index in [0.29, 0.717) is 5.82 Å². The summed E-state index contributed by atoms with van der Waals surface area (Å²) in [7, 11) is 0. The second kappa shape index (κ2) is 4.61. The summed E-state index contributed by atoms with van der Waals surface area (Å²) in [6, 6.07) is 20.1. The maximum atomic E-state index is 13.0. The van der Waals surface area contributed by atoms with Gasteiger partial charge in [0.05, 0.1) is 5.69 Å². The van der Waals surface area contributed by atoms with Gasteiger partial charge >= 0.3 is 0 Å². The zero-order valence-electron chi connectivity index (χ0n) is 10.3. The van der Waals surface area contributed by atoms with Gasteiger partial charge in [0.2, 0.25) is 0 Å². The standard InChI is InChI=1S/C16H13FN2/c17-13-6-8-14(9-7-13)19-15(10-11-16(19)18)12-4-2-1-3-5-12/h1-11H,18H2. The molecule has 0 bridgehead atoms. The molecule has 19 heavy (non-hydrogen) atoms. The summed E-state index contributed by atoms with van der Waals surface area (Å²) in [6.07, 6.45) is 0. The zero-order chi connectivity index (χ0) is 13.2. The summed E-state index contributed by atoms with van der Waals surface area (Å²) in [5, 5.41) is 0. The first-order valence-electron chi connectivity index (χ1n) is 6.04. The Morgan fingerprint density at radius 2 is 1.47 bits per heavy atom. The lowest BCUT2D eigenvalue weighted by Gasteiger charge is -2.11.